The van der Waals surface area contributed by atoms with Crippen LogP contribution in [0.3, 0.4) is 0 Å². The number of hydrogen-bond acceptors (Lipinski definition) is 7. The number of hydrogen-bond donors (Lipinski definition) is 1. The number of anilines is 2. The van der Waals surface area contributed by atoms with Gasteiger partial charge >= 0.3 is 6.18 Å². The lowest BCUT2D eigenvalue weighted by molar-refractivity contribution is -0.138. The topological polar surface area (TPSA) is 102 Å². The van der Waals surface area contributed by atoms with Gasteiger partial charge in [0, 0.05) is 42.1 Å². The highest BCUT2D eigenvalue weighted by molar-refractivity contribution is 6.01. The number of nitrogens with one attached hydrogen (secondary N) is 1. The number of amides is 1. The van der Waals surface area contributed by atoms with E-state index in [-0.39, 0.29) is 17.5 Å². The van der Waals surface area contributed by atoms with Crippen molar-refractivity contribution in [3.63, 3.8) is 0 Å². The first-order valence-corrected chi connectivity index (χ1v) is 13.6. The Morgan fingerprint density at radius 2 is 1.98 bits per heavy atom. The van der Waals surface area contributed by atoms with Crippen molar-refractivity contribution in [1.82, 2.24) is 24.7 Å². The molecule has 3 heterocycles. The van der Waals surface area contributed by atoms with E-state index in [4.69, 9.17) is 0 Å². The van der Waals surface area contributed by atoms with E-state index in [1.165, 1.54) is 23.9 Å². The van der Waals surface area contributed by atoms with Crippen LogP contribution in [0.4, 0.5) is 24.7 Å². The standard InChI is InChI=1S/C29H29F3N8O/c1-17-14-38(27(41)28(15-33)9-10-28)11-12-39(17)20-7-8-22-23(13-20)25(37-40-26(22)34-16-35-40)36-19(3)21-5-4-6-24(18(21)2)29(30,31)32/h4-8,13,16-17,19H,9-12,14H2,1-3H3,(H,36,37)/t17-,19+/m0/s1. The van der Waals surface area contributed by atoms with Crippen molar-refractivity contribution in [2.24, 2.45) is 5.41 Å². The number of piperazine rings is 1. The lowest BCUT2D eigenvalue weighted by Gasteiger charge is -2.42. The zero-order chi connectivity index (χ0) is 29.1. The molecule has 2 aromatic carbocycles. The van der Waals surface area contributed by atoms with Gasteiger partial charge in [-0.2, -0.15) is 18.4 Å². The molecule has 2 aromatic heterocycles. The van der Waals surface area contributed by atoms with Crippen LogP contribution in [0.2, 0.25) is 0 Å². The fourth-order valence-electron chi connectivity index (χ4n) is 5.88. The molecule has 1 saturated carbocycles. The summed E-state index contributed by atoms with van der Waals surface area (Å²) < 4.78 is 42.1. The highest BCUT2D eigenvalue weighted by Gasteiger charge is 2.53. The first-order chi connectivity index (χ1) is 19.5. The number of carbonyl (C=O) groups excluding carboxylic acids is 1. The van der Waals surface area contributed by atoms with Crippen LogP contribution in [0.25, 0.3) is 16.4 Å². The van der Waals surface area contributed by atoms with E-state index in [0.717, 1.165) is 22.5 Å². The molecule has 1 saturated heterocycles. The molecule has 0 spiro atoms. The summed E-state index contributed by atoms with van der Waals surface area (Å²) in [5, 5.41) is 23.1. The lowest BCUT2D eigenvalue weighted by Crippen LogP contribution is -2.55. The van der Waals surface area contributed by atoms with Crippen molar-refractivity contribution in [2.75, 3.05) is 29.9 Å². The maximum Gasteiger partial charge on any atom is 0.416 e. The zero-order valence-corrected chi connectivity index (χ0v) is 22.9. The maximum absolute atomic E-state index is 13.6. The molecule has 1 aliphatic heterocycles. The first kappa shape index (κ1) is 26.8. The summed E-state index contributed by atoms with van der Waals surface area (Å²) in [4.78, 5) is 21.3. The number of halogens is 3. The summed E-state index contributed by atoms with van der Waals surface area (Å²) in [5.74, 6) is 0.393. The quantitative estimate of drug-likeness (QED) is 0.360. The van der Waals surface area contributed by atoms with E-state index in [1.807, 2.05) is 25.1 Å². The van der Waals surface area contributed by atoms with Crippen molar-refractivity contribution in [1.29, 1.82) is 5.26 Å². The molecule has 0 radical (unpaired) electrons. The average Bonchev–Trinajstić information content (AvgIpc) is 3.61. The smallest absolute Gasteiger partial charge is 0.365 e. The van der Waals surface area contributed by atoms with Gasteiger partial charge in [-0.15, -0.1) is 14.8 Å². The predicted octanol–water partition coefficient (Wildman–Crippen LogP) is 5.12. The van der Waals surface area contributed by atoms with Crippen LogP contribution in [-0.4, -0.2) is 56.3 Å². The van der Waals surface area contributed by atoms with Gasteiger partial charge in [0.05, 0.1) is 17.7 Å². The molecule has 4 aromatic rings. The Balaban J connectivity index is 1.33. The second-order valence-electron chi connectivity index (χ2n) is 11.0. The Bertz CT molecular complexity index is 1700. The van der Waals surface area contributed by atoms with Crippen LogP contribution in [0.15, 0.2) is 42.7 Å². The van der Waals surface area contributed by atoms with E-state index in [1.54, 1.807) is 17.9 Å². The first-order valence-electron chi connectivity index (χ1n) is 13.6. The van der Waals surface area contributed by atoms with Crippen LogP contribution in [0.5, 0.6) is 0 Å². The van der Waals surface area contributed by atoms with Gasteiger partial charge in [0.15, 0.2) is 11.5 Å². The molecule has 0 bridgehead atoms. The largest absolute Gasteiger partial charge is 0.416 e. The second-order valence-corrected chi connectivity index (χ2v) is 11.0. The third-order valence-electron chi connectivity index (χ3n) is 8.34. The maximum atomic E-state index is 13.6. The lowest BCUT2D eigenvalue weighted by atomic mass is 9.97. The van der Waals surface area contributed by atoms with E-state index in [0.29, 0.717) is 49.5 Å². The average molecular weight is 563 g/mol. The molecular weight excluding hydrogens is 533 g/mol. The van der Waals surface area contributed by atoms with Crippen molar-refractivity contribution in [2.45, 2.75) is 51.9 Å². The van der Waals surface area contributed by atoms with Crippen LogP contribution < -0.4 is 10.2 Å². The minimum atomic E-state index is -4.45. The summed E-state index contributed by atoms with van der Waals surface area (Å²) in [6.07, 6.45) is -1.79. The number of nitriles is 1. The number of alkyl halides is 3. The van der Waals surface area contributed by atoms with Crippen LogP contribution in [0.1, 0.15) is 49.4 Å². The van der Waals surface area contributed by atoms with Crippen LogP contribution in [-0.2, 0) is 11.0 Å². The Labute approximate surface area is 234 Å². The second kappa shape index (κ2) is 9.61. The number of fused-ring (bicyclic) bond motifs is 3. The molecule has 2 fully saturated rings. The molecule has 9 nitrogen and oxygen atoms in total. The minimum Gasteiger partial charge on any atom is -0.365 e. The third-order valence-corrected chi connectivity index (χ3v) is 8.34. The zero-order valence-electron chi connectivity index (χ0n) is 22.9. The molecule has 6 rings (SSSR count). The van der Waals surface area contributed by atoms with Gasteiger partial charge in [0.25, 0.3) is 0 Å². The Hall–Kier alpha value is -4.40. The van der Waals surface area contributed by atoms with Crippen molar-refractivity contribution < 1.29 is 18.0 Å². The fourth-order valence-corrected chi connectivity index (χ4v) is 5.88. The van der Waals surface area contributed by atoms with Gasteiger partial charge in [-0.1, -0.05) is 12.1 Å². The Kier molecular flexibility index (Phi) is 6.28. The van der Waals surface area contributed by atoms with Crippen molar-refractivity contribution >= 4 is 33.8 Å². The number of rotatable bonds is 5. The molecule has 0 unspecified atom stereocenters. The normalized spacial score (nSPS) is 19.3. The van der Waals surface area contributed by atoms with Gasteiger partial charge in [-0.25, -0.2) is 4.98 Å². The fraction of sp³-hybridized carbons (Fsp3) is 0.414. The molecule has 2 aliphatic rings. The SMILES string of the molecule is Cc1c([C@@H](C)Nc2nn3ncnc3c3ccc(N4CCN(C(=O)C5(C#N)CC5)C[C@@H]4C)cc23)cccc1C(F)(F)F. The highest BCUT2D eigenvalue weighted by atomic mass is 19.4. The van der Waals surface area contributed by atoms with Crippen molar-refractivity contribution in [3.05, 3.63) is 59.4 Å². The molecule has 1 N–H and O–H groups in total. The Morgan fingerprint density at radius 1 is 1.20 bits per heavy atom. The number of nitrogens with zero attached hydrogens (tertiary/aromatic N) is 7. The monoisotopic (exact) mass is 562 g/mol. The van der Waals surface area contributed by atoms with E-state index in [2.05, 4.69) is 31.5 Å². The minimum absolute atomic E-state index is 0.00696. The molecule has 1 amide bonds. The summed E-state index contributed by atoms with van der Waals surface area (Å²) >= 11 is 0. The number of carbonyl (C=O) groups is 1. The summed E-state index contributed by atoms with van der Waals surface area (Å²) in [6.45, 7) is 6.96. The van der Waals surface area contributed by atoms with Gasteiger partial charge < -0.3 is 15.1 Å². The molecular formula is C29H29F3N8O. The van der Waals surface area contributed by atoms with E-state index in [9.17, 15) is 23.2 Å². The van der Waals surface area contributed by atoms with Crippen molar-refractivity contribution in [3.8, 4) is 6.07 Å². The summed E-state index contributed by atoms with van der Waals surface area (Å²) in [7, 11) is 0. The van der Waals surface area contributed by atoms with Gasteiger partial charge in [-0.05, 0) is 69.0 Å². The molecule has 41 heavy (non-hydrogen) atoms. The van der Waals surface area contributed by atoms with Gasteiger partial charge in [-0.3, -0.25) is 4.79 Å². The summed E-state index contributed by atoms with van der Waals surface area (Å²) in [6, 6.07) is 11.8. The highest BCUT2D eigenvalue weighted by Crippen LogP contribution is 2.47. The summed E-state index contributed by atoms with van der Waals surface area (Å²) in [5.41, 5.74) is 0.673. The number of aromatic nitrogens is 4. The Morgan fingerprint density at radius 3 is 2.66 bits per heavy atom. The number of benzene rings is 2. The molecule has 2 atom stereocenters. The van der Waals surface area contributed by atoms with E-state index < -0.39 is 23.2 Å². The molecule has 212 valence electrons. The molecule has 1 aliphatic carbocycles. The van der Waals surface area contributed by atoms with Gasteiger partial charge in [0.2, 0.25) is 5.91 Å². The van der Waals surface area contributed by atoms with E-state index >= 15 is 0 Å². The predicted molar refractivity (Wildman–Crippen MR) is 147 cm³/mol. The molecule has 12 heteroatoms. The van der Waals surface area contributed by atoms with Gasteiger partial charge in [0.1, 0.15) is 11.7 Å². The van der Waals surface area contributed by atoms with Crippen LogP contribution >= 0.6 is 0 Å². The van der Waals surface area contributed by atoms with Crippen LogP contribution in [0, 0.1) is 23.7 Å². The third kappa shape index (κ3) is 4.59.